The normalized spacial score (nSPS) is 12.7. The molecule has 2 aromatic heterocycles. The molecule has 0 unspecified atom stereocenters. The van der Waals surface area contributed by atoms with Crippen molar-refractivity contribution in [2.75, 3.05) is 11.9 Å². The minimum Gasteiger partial charge on any atom is -0.364 e. The average Bonchev–Trinajstić information content (AvgIpc) is 3.70. The van der Waals surface area contributed by atoms with Crippen LogP contribution in [0.3, 0.4) is 0 Å². The molecule has 12 heteroatoms. The third-order valence-electron chi connectivity index (χ3n) is 6.65. The van der Waals surface area contributed by atoms with Gasteiger partial charge in [-0.3, -0.25) is 23.9 Å². The van der Waals surface area contributed by atoms with Gasteiger partial charge >= 0.3 is 0 Å². The molecule has 41 heavy (non-hydrogen) atoms. The number of aromatic nitrogens is 3. The molecule has 1 aliphatic rings. The van der Waals surface area contributed by atoms with Gasteiger partial charge in [0.2, 0.25) is 11.8 Å². The fourth-order valence-electron chi connectivity index (χ4n) is 4.60. The van der Waals surface area contributed by atoms with Crippen LogP contribution in [0.2, 0.25) is 10.2 Å². The second-order valence-corrected chi connectivity index (χ2v) is 10.7. The number of Topliss-reactive ketones (excluding diaryl/α,β-unsaturated/α-hetero) is 1. The van der Waals surface area contributed by atoms with Crippen molar-refractivity contribution in [1.29, 1.82) is 0 Å². The number of hydrogen-bond acceptors (Lipinski definition) is 6. The molecule has 5 rings (SSSR count). The third-order valence-corrected chi connectivity index (χ3v) is 7.12. The van der Waals surface area contributed by atoms with Crippen LogP contribution in [0.1, 0.15) is 34.5 Å². The summed E-state index contributed by atoms with van der Waals surface area (Å²) in [5, 5.41) is 8.26. The Morgan fingerprint density at radius 1 is 0.976 bits per heavy atom. The SMILES string of the molecule is NC(=O)c1nn(CC(=O)N(CC(=O)Nc2cccc(Cl)n2)C2CC2)c2ccc(CC(=O)Cc3ccc(Cl)cc3)cc12. The number of fused-ring (bicyclic) bond motifs is 1. The smallest absolute Gasteiger partial charge is 0.269 e. The number of rotatable bonds is 11. The molecule has 2 aromatic carbocycles. The Bertz CT molecular complexity index is 1650. The lowest BCUT2D eigenvalue weighted by atomic mass is 10.0. The summed E-state index contributed by atoms with van der Waals surface area (Å²) in [5.41, 5.74) is 7.66. The lowest BCUT2D eigenvalue weighted by molar-refractivity contribution is -0.135. The second kappa shape index (κ2) is 12.1. The molecule has 3 N–H and O–H groups in total. The van der Waals surface area contributed by atoms with E-state index in [9.17, 15) is 19.2 Å². The summed E-state index contributed by atoms with van der Waals surface area (Å²) in [6, 6.07) is 17.1. The minimum atomic E-state index is -0.752. The number of halogens is 2. The first-order valence-corrected chi connectivity index (χ1v) is 13.7. The summed E-state index contributed by atoms with van der Waals surface area (Å²) in [7, 11) is 0. The highest BCUT2D eigenvalue weighted by Gasteiger charge is 2.34. The van der Waals surface area contributed by atoms with Crippen LogP contribution in [0.4, 0.5) is 5.82 Å². The number of amides is 3. The summed E-state index contributed by atoms with van der Waals surface area (Å²) in [5.74, 6) is -1.21. The van der Waals surface area contributed by atoms with Gasteiger partial charge in [-0.05, 0) is 60.4 Å². The van der Waals surface area contributed by atoms with E-state index in [0.717, 1.165) is 18.4 Å². The number of benzene rings is 2. The Hall–Kier alpha value is -4.28. The maximum absolute atomic E-state index is 13.3. The molecular formula is C29H26Cl2N6O4. The molecule has 10 nitrogen and oxygen atoms in total. The van der Waals surface area contributed by atoms with Crippen LogP contribution in [0, 0.1) is 0 Å². The first-order valence-electron chi connectivity index (χ1n) is 12.9. The second-order valence-electron chi connectivity index (χ2n) is 9.89. The Labute approximate surface area is 245 Å². The van der Waals surface area contributed by atoms with E-state index in [2.05, 4.69) is 15.4 Å². The topological polar surface area (TPSA) is 140 Å². The highest BCUT2D eigenvalue weighted by molar-refractivity contribution is 6.30. The largest absolute Gasteiger partial charge is 0.364 e. The molecule has 210 valence electrons. The first kappa shape index (κ1) is 28.3. The van der Waals surface area contributed by atoms with Crippen molar-refractivity contribution < 1.29 is 19.2 Å². The average molecular weight is 593 g/mol. The maximum atomic E-state index is 13.3. The van der Waals surface area contributed by atoms with Crippen molar-refractivity contribution in [3.8, 4) is 0 Å². The van der Waals surface area contributed by atoms with Gasteiger partial charge in [0.1, 0.15) is 29.8 Å². The van der Waals surface area contributed by atoms with Crippen LogP contribution in [0.5, 0.6) is 0 Å². The number of anilines is 1. The quantitative estimate of drug-likeness (QED) is 0.254. The van der Waals surface area contributed by atoms with Crippen LogP contribution >= 0.6 is 23.2 Å². The highest BCUT2D eigenvalue weighted by Crippen LogP contribution is 2.28. The van der Waals surface area contributed by atoms with Crippen LogP contribution in [-0.4, -0.2) is 55.8 Å². The van der Waals surface area contributed by atoms with Crippen molar-refractivity contribution in [3.63, 3.8) is 0 Å². The molecule has 1 fully saturated rings. The van der Waals surface area contributed by atoms with E-state index in [1.54, 1.807) is 60.7 Å². The Kier molecular flexibility index (Phi) is 8.32. The molecule has 0 aliphatic heterocycles. The maximum Gasteiger partial charge on any atom is 0.269 e. The van der Waals surface area contributed by atoms with E-state index in [1.807, 2.05) is 0 Å². The zero-order valence-corrected chi connectivity index (χ0v) is 23.4. The van der Waals surface area contributed by atoms with Crippen LogP contribution in [-0.2, 0) is 33.8 Å². The van der Waals surface area contributed by atoms with Crippen molar-refractivity contribution in [3.05, 3.63) is 87.7 Å². The number of nitrogens with two attached hydrogens (primary N) is 1. The molecule has 1 aliphatic carbocycles. The van der Waals surface area contributed by atoms with Gasteiger partial charge in [0.15, 0.2) is 5.69 Å². The minimum absolute atomic E-state index is 0.00236. The van der Waals surface area contributed by atoms with E-state index in [1.165, 1.54) is 9.58 Å². The van der Waals surface area contributed by atoms with Gasteiger partial charge in [0, 0.05) is 29.3 Å². The van der Waals surface area contributed by atoms with E-state index in [4.69, 9.17) is 28.9 Å². The molecule has 0 bridgehead atoms. The monoisotopic (exact) mass is 592 g/mol. The summed E-state index contributed by atoms with van der Waals surface area (Å²) < 4.78 is 1.41. The molecule has 0 atom stereocenters. The standard InChI is InChI=1S/C29H26Cl2N6O4/c30-19-7-4-17(5-8-19)12-21(38)13-18-6-11-23-22(14-18)28(29(32)41)35-37(23)16-27(40)36(20-9-10-20)15-26(39)34-25-3-1-2-24(31)33-25/h1-8,11,14,20H,9-10,12-13,15-16H2,(H2,32,41)(H,33,34,39). The van der Waals surface area contributed by atoms with Gasteiger partial charge < -0.3 is 16.0 Å². The highest BCUT2D eigenvalue weighted by atomic mass is 35.5. The number of carbonyl (C=O) groups is 4. The predicted molar refractivity (Wildman–Crippen MR) is 155 cm³/mol. The number of pyridine rings is 1. The van der Waals surface area contributed by atoms with E-state index < -0.39 is 11.8 Å². The van der Waals surface area contributed by atoms with Crippen molar-refractivity contribution in [2.24, 2.45) is 5.73 Å². The molecule has 0 radical (unpaired) electrons. The zero-order valence-electron chi connectivity index (χ0n) is 21.8. The number of ketones is 1. The number of carbonyl (C=O) groups excluding carboxylic acids is 4. The van der Waals surface area contributed by atoms with Gasteiger partial charge in [-0.15, -0.1) is 0 Å². The number of primary amides is 1. The summed E-state index contributed by atoms with van der Waals surface area (Å²) in [6.07, 6.45) is 1.96. The number of nitrogens with zero attached hydrogens (tertiary/aromatic N) is 4. The van der Waals surface area contributed by atoms with Crippen LogP contribution < -0.4 is 11.1 Å². The van der Waals surface area contributed by atoms with Crippen LogP contribution in [0.15, 0.2) is 60.7 Å². The summed E-state index contributed by atoms with van der Waals surface area (Å²) in [4.78, 5) is 56.5. The first-order chi connectivity index (χ1) is 19.7. The third kappa shape index (κ3) is 7.08. The molecule has 1 saturated carbocycles. The molecular weight excluding hydrogens is 567 g/mol. The lowest BCUT2D eigenvalue weighted by Crippen LogP contribution is -2.41. The molecule has 2 heterocycles. The van der Waals surface area contributed by atoms with E-state index in [-0.39, 0.29) is 60.3 Å². The van der Waals surface area contributed by atoms with Crippen molar-refractivity contribution >= 4 is 63.4 Å². The fraction of sp³-hybridized carbons (Fsp3) is 0.241. The van der Waals surface area contributed by atoms with Gasteiger partial charge in [0.25, 0.3) is 5.91 Å². The summed E-state index contributed by atoms with van der Waals surface area (Å²) >= 11 is 11.8. The van der Waals surface area contributed by atoms with Gasteiger partial charge in [-0.1, -0.05) is 47.5 Å². The van der Waals surface area contributed by atoms with Gasteiger partial charge in [-0.25, -0.2) is 4.98 Å². The van der Waals surface area contributed by atoms with Crippen molar-refractivity contribution in [2.45, 2.75) is 38.3 Å². The van der Waals surface area contributed by atoms with Crippen LogP contribution in [0.25, 0.3) is 10.9 Å². The predicted octanol–water partition coefficient (Wildman–Crippen LogP) is 3.82. The fourth-order valence-corrected chi connectivity index (χ4v) is 4.89. The molecule has 0 spiro atoms. The zero-order chi connectivity index (χ0) is 29.1. The van der Waals surface area contributed by atoms with E-state index in [0.29, 0.717) is 21.5 Å². The van der Waals surface area contributed by atoms with Gasteiger partial charge in [0.05, 0.1) is 5.52 Å². The molecule has 3 amide bonds. The van der Waals surface area contributed by atoms with E-state index >= 15 is 0 Å². The number of hydrogen-bond donors (Lipinski definition) is 2. The molecule has 4 aromatic rings. The van der Waals surface area contributed by atoms with Gasteiger partial charge in [-0.2, -0.15) is 5.10 Å². The van der Waals surface area contributed by atoms with Crippen molar-refractivity contribution in [1.82, 2.24) is 19.7 Å². The molecule has 0 saturated heterocycles. The Morgan fingerprint density at radius 3 is 2.37 bits per heavy atom. The summed E-state index contributed by atoms with van der Waals surface area (Å²) in [6.45, 7) is -0.364. The lowest BCUT2D eigenvalue weighted by Gasteiger charge is -2.22. The Balaban J connectivity index is 1.30. The number of nitrogens with one attached hydrogen (secondary N) is 1. The Morgan fingerprint density at radius 2 is 1.68 bits per heavy atom.